The van der Waals surface area contributed by atoms with Gasteiger partial charge in [0.1, 0.15) is 17.5 Å². The van der Waals surface area contributed by atoms with Crippen LogP contribution >= 0.6 is 0 Å². The molecule has 0 radical (unpaired) electrons. The maximum absolute atomic E-state index is 9.74. The third kappa shape index (κ3) is 3.08. The topological polar surface area (TPSA) is 96.1 Å². The monoisotopic (exact) mass is 251 g/mol. The molecule has 1 saturated carbocycles. The lowest BCUT2D eigenvalue weighted by atomic mass is 10.1. The number of nitrogen functional groups attached to an aromatic ring is 1. The summed E-state index contributed by atoms with van der Waals surface area (Å²) < 4.78 is 0. The molecule has 18 heavy (non-hydrogen) atoms. The highest BCUT2D eigenvalue weighted by Gasteiger charge is 2.28. The van der Waals surface area contributed by atoms with E-state index in [9.17, 15) is 5.11 Å². The molecule has 1 aromatic rings. The van der Waals surface area contributed by atoms with Crippen LogP contribution in [0.25, 0.3) is 0 Å². The fourth-order valence-electron chi connectivity index (χ4n) is 1.67. The van der Waals surface area contributed by atoms with Gasteiger partial charge in [-0.25, -0.2) is 15.8 Å². The van der Waals surface area contributed by atoms with Crippen molar-refractivity contribution in [1.29, 1.82) is 0 Å². The SMILES string of the molecule is Cc1c(NN)nc(C2CC2)nc1NCC(C)(C)O. The average Bonchev–Trinajstić information content (AvgIpc) is 3.10. The quantitative estimate of drug-likeness (QED) is 0.463. The molecule has 0 aromatic carbocycles. The first-order valence-electron chi connectivity index (χ1n) is 6.22. The predicted octanol–water partition coefficient (Wildman–Crippen LogP) is 1.13. The van der Waals surface area contributed by atoms with Crippen molar-refractivity contribution in [2.24, 2.45) is 5.84 Å². The summed E-state index contributed by atoms with van der Waals surface area (Å²) in [6.45, 7) is 5.83. The number of nitrogens with two attached hydrogens (primary N) is 1. The molecule has 1 aromatic heterocycles. The lowest BCUT2D eigenvalue weighted by Crippen LogP contribution is -2.30. The zero-order valence-electron chi connectivity index (χ0n) is 11.1. The Hall–Kier alpha value is -1.40. The second kappa shape index (κ2) is 4.70. The lowest BCUT2D eigenvalue weighted by molar-refractivity contribution is 0.0944. The molecule has 0 atom stereocenters. The molecule has 0 unspecified atom stereocenters. The number of rotatable bonds is 5. The van der Waals surface area contributed by atoms with Gasteiger partial charge in [-0.15, -0.1) is 0 Å². The number of nitrogens with one attached hydrogen (secondary N) is 2. The second-order valence-electron chi connectivity index (χ2n) is 5.49. The number of aromatic nitrogens is 2. The van der Waals surface area contributed by atoms with E-state index < -0.39 is 5.60 Å². The molecule has 0 spiro atoms. The van der Waals surface area contributed by atoms with Gasteiger partial charge in [-0.05, 0) is 33.6 Å². The van der Waals surface area contributed by atoms with Gasteiger partial charge < -0.3 is 15.8 Å². The molecule has 2 rings (SSSR count). The van der Waals surface area contributed by atoms with Gasteiger partial charge in [-0.3, -0.25) is 0 Å². The summed E-state index contributed by atoms with van der Waals surface area (Å²) in [7, 11) is 0. The van der Waals surface area contributed by atoms with Crippen LogP contribution in [0.1, 0.15) is 44.0 Å². The van der Waals surface area contributed by atoms with Gasteiger partial charge in [0.05, 0.1) is 5.60 Å². The number of hydrogen-bond donors (Lipinski definition) is 4. The average molecular weight is 251 g/mol. The Morgan fingerprint density at radius 3 is 2.44 bits per heavy atom. The van der Waals surface area contributed by atoms with Crippen molar-refractivity contribution in [3.63, 3.8) is 0 Å². The van der Waals surface area contributed by atoms with Crippen LogP contribution in [0.2, 0.25) is 0 Å². The number of hydrogen-bond acceptors (Lipinski definition) is 6. The fourth-order valence-corrected chi connectivity index (χ4v) is 1.67. The summed E-state index contributed by atoms with van der Waals surface area (Å²) in [6.07, 6.45) is 2.27. The molecular formula is C12H21N5O. The third-order valence-electron chi connectivity index (χ3n) is 2.93. The first-order valence-corrected chi connectivity index (χ1v) is 6.22. The summed E-state index contributed by atoms with van der Waals surface area (Å²) >= 11 is 0. The Bertz CT molecular complexity index is 437. The molecule has 0 aliphatic heterocycles. The van der Waals surface area contributed by atoms with Crippen molar-refractivity contribution in [2.75, 3.05) is 17.3 Å². The summed E-state index contributed by atoms with van der Waals surface area (Å²) in [5.74, 6) is 8.14. The maximum Gasteiger partial charge on any atom is 0.148 e. The van der Waals surface area contributed by atoms with E-state index in [1.807, 2.05) is 6.92 Å². The highest BCUT2D eigenvalue weighted by atomic mass is 16.3. The van der Waals surface area contributed by atoms with Crippen molar-refractivity contribution in [1.82, 2.24) is 9.97 Å². The Morgan fingerprint density at radius 2 is 1.94 bits per heavy atom. The molecule has 100 valence electrons. The van der Waals surface area contributed by atoms with Crippen LogP contribution in [0.15, 0.2) is 0 Å². The minimum atomic E-state index is -0.784. The minimum absolute atomic E-state index is 0.430. The Morgan fingerprint density at radius 1 is 1.33 bits per heavy atom. The lowest BCUT2D eigenvalue weighted by Gasteiger charge is -2.20. The summed E-state index contributed by atoms with van der Waals surface area (Å²) in [4.78, 5) is 8.93. The standard InChI is InChI=1S/C12H21N5O/c1-7-9(14-6-12(2,3)18)15-11(8-4-5-8)16-10(7)17-13/h8,18H,4-6,13H2,1-3H3,(H2,14,15,16,17). The van der Waals surface area contributed by atoms with Crippen molar-refractivity contribution < 1.29 is 5.11 Å². The van der Waals surface area contributed by atoms with Crippen molar-refractivity contribution in [3.8, 4) is 0 Å². The predicted molar refractivity (Wildman–Crippen MR) is 71.3 cm³/mol. The van der Waals surface area contributed by atoms with E-state index in [0.29, 0.717) is 18.3 Å². The molecule has 6 heteroatoms. The van der Waals surface area contributed by atoms with Crippen LogP contribution in [0.5, 0.6) is 0 Å². The van der Waals surface area contributed by atoms with Crippen molar-refractivity contribution in [3.05, 3.63) is 11.4 Å². The first kappa shape index (κ1) is 13.0. The van der Waals surface area contributed by atoms with Gasteiger partial charge in [0.25, 0.3) is 0 Å². The van der Waals surface area contributed by atoms with E-state index in [1.165, 1.54) is 0 Å². The summed E-state index contributed by atoms with van der Waals surface area (Å²) in [5, 5.41) is 12.9. The smallest absolute Gasteiger partial charge is 0.148 e. The zero-order chi connectivity index (χ0) is 13.3. The van der Waals surface area contributed by atoms with Gasteiger partial charge >= 0.3 is 0 Å². The number of anilines is 2. The highest BCUT2D eigenvalue weighted by Crippen LogP contribution is 2.39. The first-order chi connectivity index (χ1) is 8.40. The molecule has 6 nitrogen and oxygen atoms in total. The second-order valence-corrected chi connectivity index (χ2v) is 5.49. The minimum Gasteiger partial charge on any atom is -0.389 e. The molecule has 0 amide bonds. The molecule has 5 N–H and O–H groups in total. The number of hydrazine groups is 1. The zero-order valence-corrected chi connectivity index (χ0v) is 11.1. The van der Waals surface area contributed by atoms with E-state index in [0.717, 1.165) is 30.0 Å². The van der Waals surface area contributed by atoms with Gasteiger partial charge in [0.2, 0.25) is 0 Å². The maximum atomic E-state index is 9.74. The van der Waals surface area contributed by atoms with Crippen LogP contribution in [0.4, 0.5) is 11.6 Å². The van der Waals surface area contributed by atoms with E-state index in [1.54, 1.807) is 13.8 Å². The normalized spacial score (nSPS) is 15.6. The van der Waals surface area contributed by atoms with Gasteiger partial charge in [-0.1, -0.05) is 0 Å². The fraction of sp³-hybridized carbons (Fsp3) is 0.667. The molecular weight excluding hydrogens is 230 g/mol. The Kier molecular flexibility index (Phi) is 3.41. The Labute approximate surface area is 107 Å². The third-order valence-corrected chi connectivity index (χ3v) is 2.93. The molecule has 0 bridgehead atoms. The molecule has 1 aliphatic rings. The molecule has 0 saturated heterocycles. The molecule has 1 aliphatic carbocycles. The van der Waals surface area contributed by atoms with Crippen LogP contribution in [-0.4, -0.2) is 27.2 Å². The van der Waals surface area contributed by atoms with Crippen LogP contribution in [0.3, 0.4) is 0 Å². The molecule has 1 fully saturated rings. The largest absolute Gasteiger partial charge is 0.389 e. The van der Waals surface area contributed by atoms with Crippen LogP contribution in [-0.2, 0) is 0 Å². The van der Waals surface area contributed by atoms with Gasteiger partial charge in [0, 0.05) is 18.0 Å². The van der Waals surface area contributed by atoms with Crippen LogP contribution < -0.4 is 16.6 Å². The summed E-state index contributed by atoms with van der Waals surface area (Å²) in [5.41, 5.74) is 2.68. The van der Waals surface area contributed by atoms with Gasteiger partial charge in [0.15, 0.2) is 0 Å². The van der Waals surface area contributed by atoms with E-state index in [2.05, 4.69) is 20.7 Å². The van der Waals surface area contributed by atoms with Gasteiger partial charge in [-0.2, -0.15) is 0 Å². The number of nitrogens with zero attached hydrogens (tertiary/aromatic N) is 2. The molecule has 1 heterocycles. The van der Waals surface area contributed by atoms with E-state index in [4.69, 9.17) is 5.84 Å². The summed E-state index contributed by atoms with van der Waals surface area (Å²) in [6, 6.07) is 0. The number of aliphatic hydroxyl groups is 1. The van der Waals surface area contributed by atoms with Crippen molar-refractivity contribution >= 4 is 11.6 Å². The Balaban J connectivity index is 2.24. The van der Waals surface area contributed by atoms with E-state index >= 15 is 0 Å². The highest BCUT2D eigenvalue weighted by molar-refractivity contribution is 5.57. The van der Waals surface area contributed by atoms with Crippen LogP contribution in [0, 0.1) is 6.92 Å². The van der Waals surface area contributed by atoms with Crippen molar-refractivity contribution in [2.45, 2.75) is 45.1 Å². The van der Waals surface area contributed by atoms with E-state index in [-0.39, 0.29) is 0 Å².